The highest BCUT2D eigenvalue weighted by atomic mass is 32.1. The topological polar surface area (TPSA) is 91.1 Å². The van der Waals surface area contributed by atoms with E-state index < -0.39 is 11.9 Å². The van der Waals surface area contributed by atoms with Crippen LogP contribution in [0.4, 0.5) is 10.1 Å². The van der Waals surface area contributed by atoms with E-state index in [-0.39, 0.29) is 18.7 Å². The number of hydrogen-bond acceptors (Lipinski definition) is 7. The van der Waals surface area contributed by atoms with Gasteiger partial charge in [-0.25, -0.2) is 4.39 Å². The van der Waals surface area contributed by atoms with Gasteiger partial charge in [0.25, 0.3) is 0 Å². The quantitative estimate of drug-likeness (QED) is 0.837. The summed E-state index contributed by atoms with van der Waals surface area (Å²) >= 11 is 1.02. The average Bonchev–Trinajstić information content (AvgIpc) is 2.97. The van der Waals surface area contributed by atoms with Crippen LogP contribution in [0.15, 0.2) is 24.4 Å². The van der Waals surface area contributed by atoms with Gasteiger partial charge in [0.1, 0.15) is 30.8 Å². The highest BCUT2D eigenvalue weighted by Crippen LogP contribution is 2.14. The molecular formula is C12H11FN4O2S. The average molecular weight is 294 g/mol. The maximum Gasteiger partial charge on any atom is 0.245 e. The zero-order chi connectivity index (χ0) is 14.4. The number of ether oxygens (including phenoxy) is 1. The molecule has 0 aliphatic heterocycles. The van der Waals surface area contributed by atoms with Crippen molar-refractivity contribution >= 4 is 17.4 Å². The first-order chi connectivity index (χ1) is 9.69. The lowest BCUT2D eigenvalue weighted by Gasteiger charge is -2.13. The predicted molar refractivity (Wildman–Crippen MR) is 71.0 cm³/mol. The van der Waals surface area contributed by atoms with Crippen molar-refractivity contribution in [2.75, 3.05) is 18.5 Å². The van der Waals surface area contributed by atoms with Gasteiger partial charge in [-0.05, 0) is 18.2 Å². The molecule has 2 rings (SSSR count). The SMILES string of the molecule is N#Cc1cc(NCC(O)COc2cnsn2)ccc1F. The van der Waals surface area contributed by atoms with Crippen molar-refractivity contribution in [3.63, 3.8) is 0 Å². The van der Waals surface area contributed by atoms with Crippen molar-refractivity contribution < 1.29 is 14.2 Å². The fourth-order valence-corrected chi connectivity index (χ4v) is 1.78. The maximum atomic E-state index is 13.1. The Morgan fingerprint density at radius 3 is 3.10 bits per heavy atom. The summed E-state index contributed by atoms with van der Waals surface area (Å²) < 4.78 is 25.9. The van der Waals surface area contributed by atoms with Gasteiger partial charge in [-0.3, -0.25) is 0 Å². The monoisotopic (exact) mass is 294 g/mol. The summed E-state index contributed by atoms with van der Waals surface area (Å²) in [6, 6.07) is 5.83. The molecule has 0 spiro atoms. The van der Waals surface area contributed by atoms with E-state index in [1.807, 2.05) is 0 Å². The number of hydrogen-bond donors (Lipinski definition) is 2. The summed E-state index contributed by atoms with van der Waals surface area (Å²) in [7, 11) is 0. The lowest BCUT2D eigenvalue weighted by atomic mass is 10.2. The third kappa shape index (κ3) is 3.88. The van der Waals surface area contributed by atoms with E-state index in [1.54, 1.807) is 6.07 Å². The normalized spacial score (nSPS) is 11.7. The van der Waals surface area contributed by atoms with E-state index in [4.69, 9.17) is 10.00 Å². The first kappa shape index (κ1) is 14.2. The summed E-state index contributed by atoms with van der Waals surface area (Å²) in [5.41, 5.74) is 0.506. The van der Waals surface area contributed by atoms with Crippen LogP contribution in [-0.4, -0.2) is 33.1 Å². The number of rotatable bonds is 6. The molecule has 2 aromatic rings. The summed E-state index contributed by atoms with van der Waals surface area (Å²) in [5.74, 6) is -0.208. The second kappa shape index (κ2) is 6.79. The molecule has 0 aliphatic rings. The molecule has 1 aromatic heterocycles. The van der Waals surface area contributed by atoms with Gasteiger partial charge in [0, 0.05) is 12.2 Å². The molecule has 0 fully saturated rings. The largest absolute Gasteiger partial charge is 0.473 e. The van der Waals surface area contributed by atoms with Crippen molar-refractivity contribution in [1.29, 1.82) is 5.26 Å². The number of halogens is 1. The molecule has 1 heterocycles. The Morgan fingerprint density at radius 2 is 2.40 bits per heavy atom. The Labute approximate surface area is 118 Å². The molecule has 2 N–H and O–H groups in total. The van der Waals surface area contributed by atoms with Gasteiger partial charge < -0.3 is 15.2 Å². The molecule has 1 atom stereocenters. The second-order valence-corrected chi connectivity index (χ2v) is 4.45. The van der Waals surface area contributed by atoms with Crippen molar-refractivity contribution in [1.82, 2.24) is 8.75 Å². The van der Waals surface area contributed by atoms with Crippen LogP contribution in [0.25, 0.3) is 0 Å². The van der Waals surface area contributed by atoms with Crippen molar-refractivity contribution in [3.05, 3.63) is 35.8 Å². The standard InChI is InChI=1S/C12H11FN4O2S/c13-11-2-1-9(3-8(11)4-14)15-5-10(18)7-19-12-6-16-20-17-12/h1-3,6,10,15,18H,5,7H2. The van der Waals surface area contributed by atoms with Crippen LogP contribution in [0.5, 0.6) is 5.88 Å². The molecule has 0 radical (unpaired) electrons. The molecular weight excluding hydrogens is 283 g/mol. The number of nitrogens with zero attached hydrogens (tertiary/aromatic N) is 3. The van der Waals surface area contributed by atoms with Crippen molar-refractivity contribution in [3.8, 4) is 11.9 Å². The van der Waals surface area contributed by atoms with Crippen LogP contribution in [-0.2, 0) is 0 Å². The number of benzene rings is 1. The van der Waals surface area contributed by atoms with Crippen LogP contribution >= 0.6 is 11.7 Å². The van der Waals surface area contributed by atoms with E-state index in [0.29, 0.717) is 11.6 Å². The Hall–Kier alpha value is -2.24. The van der Waals surface area contributed by atoms with Gasteiger partial charge in [-0.2, -0.15) is 9.64 Å². The van der Waals surface area contributed by atoms with Gasteiger partial charge in [0.05, 0.1) is 17.3 Å². The third-order valence-corrected chi connectivity index (χ3v) is 2.85. The molecule has 104 valence electrons. The molecule has 0 saturated carbocycles. The van der Waals surface area contributed by atoms with E-state index in [0.717, 1.165) is 11.7 Å². The van der Waals surface area contributed by atoms with Crippen molar-refractivity contribution in [2.45, 2.75) is 6.10 Å². The lowest BCUT2D eigenvalue weighted by molar-refractivity contribution is 0.115. The summed E-state index contributed by atoms with van der Waals surface area (Å²) in [5, 5.41) is 21.3. The first-order valence-corrected chi connectivity index (χ1v) is 6.44. The highest BCUT2D eigenvalue weighted by Gasteiger charge is 2.08. The molecule has 1 aromatic carbocycles. The molecule has 0 bridgehead atoms. The molecule has 0 aliphatic carbocycles. The lowest BCUT2D eigenvalue weighted by Crippen LogP contribution is -2.26. The maximum absolute atomic E-state index is 13.1. The number of nitriles is 1. The Morgan fingerprint density at radius 1 is 1.55 bits per heavy atom. The summed E-state index contributed by atoms with van der Waals surface area (Å²) in [6.45, 7) is 0.263. The van der Waals surface area contributed by atoms with E-state index in [2.05, 4.69) is 14.1 Å². The van der Waals surface area contributed by atoms with Gasteiger partial charge in [-0.15, -0.1) is 4.37 Å². The van der Waals surface area contributed by atoms with Crippen LogP contribution in [0.1, 0.15) is 5.56 Å². The second-order valence-electron chi connectivity index (χ2n) is 3.90. The zero-order valence-electron chi connectivity index (χ0n) is 10.3. The number of aromatic nitrogens is 2. The van der Waals surface area contributed by atoms with Crippen LogP contribution in [0.3, 0.4) is 0 Å². The van der Waals surface area contributed by atoms with Crippen molar-refractivity contribution in [2.24, 2.45) is 0 Å². The number of aliphatic hydroxyl groups is 1. The van der Waals surface area contributed by atoms with Gasteiger partial charge in [-0.1, -0.05) is 0 Å². The van der Waals surface area contributed by atoms with Gasteiger partial charge >= 0.3 is 0 Å². The smallest absolute Gasteiger partial charge is 0.245 e. The van der Waals surface area contributed by atoms with Crippen LogP contribution in [0.2, 0.25) is 0 Å². The summed E-state index contributed by atoms with van der Waals surface area (Å²) in [6.07, 6.45) is 0.691. The minimum absolute atomic E-state index is 0.0470. The number of anilines is 1. The molecule has 0 saturated heterocycles. The van der Waals surface area contributed by atoms with Gasteiger partial charge in [0.2, 0.25) is 5.88 Å². The molecule has 6 nitrogen and oxygen atoms in total. The first-order valence-electron chi connectivity index (χ1n) is 5.71. The third-order valence-electron chi connectivity index (χ3n) is 2.39. The Bertz CT molecular complexity index is 600. The molecule has 0 amide bonds. The van der Waals surface area contributed by atoms with E-state index in [1.165, 1.54) is 24.4 Å². The van der Waals surface area contributed by atoms with Crippen LogP contribution in [0, 0.1) is 17.1 Å². The minimum atomic E-state index is -0.771. The van der Waals surface area contributed by atoms with E-state index in [9.17, 15) is 9.50 Å². The Balaban J connectivity index is 1.81. The number of nitrogens with one attached hydrogen (secondary N) is 1. The minimum Gasteiger partial charge on any atom is -0.473 e. The summed E-state index contributed by atoms with van der Waals surface area (Å²) in [4.78, 5) is 0. The van der Waals surface area contributed by atoms with Gasteiger partial charge in [0.15, 0.2) is 0 Å². The molecule has 20 heavy (non-hydrogen) atoms. The predicted octanol–water partition coefficient (Wildman–Crippen LogP) is 1.40. The Kier molecular flexibility index (Phi) is 4.81. The molecule has 1 unspecified atom stereocenters. The molecule has 8 heteroatoms. The van der Waals surface area contributed by atoms with E-state index >= 15 is 0 Å². The van der Waals surface area contributed by atoms with Crippen LogP contribution < -0.4 is 10.1 Å². The number of aliphatic hydroxyl groups excluding tert-OH is 1. The highest BCUT2D eigenvalue weighted by molar-refractivity contribution is 6.99. The fraction of sp³-hybridized carbons (Fsp3) is 0.250. The fourth-order valence-electron chi connectivity index (χ4n) is 1.42. The zero-order valence-corrected chi connectivity index (χ0v) is 11.1.